The Kier molecular flexibility index (Phi) is 4.69. The van der Waals surface area contributed by atoms with Gasteiger partial charge in [0.15, 0.2) is 5.37 Å². The Bertz CT molecular complexity index is 590. The molecule has 120 valence electrons. The van der Waals surface area contributed by atoms with E-state index in [4.69, 9.17) is 0 Å². The molecule has 1 aromatic rings. The molecule has 0 radical (unpaired) electrons. The first-order valence-corrected chi connectivity index (χ1v) is 7.52. The van der Waals surface area contributed by atoms with E-state index in [1.54, 1.807) is 0 Å². The van der Waals surface area contributed by atoms with E-state index in [1.165, 1.54) is 12.1 Å². The SMILES string of the molecule is CC(C)CN1C(=O)SC(Nc2cccc(C(F)(F)F)c2)C1=O. The second-order valence-electron chi connectivity index (χ2n) is 5.33. The average molecular weight is 332 g/mol. The third-order valence-corrected chi connectivity index (χ3v) is 3.94. The summed E-state index contributed by atoms with van der Waals surface area (Å²) in [6, 6.07) is 4.55. The quantitative estimate of drug-likeness (QED) is 0.911. The number of carbonyl (C=O) groups is 2. The van der Waals surface area contributed by atoms with Gasteiger partial charge in [-0.2, -0.15) is 13.2 Å². The zero-order chi connectivity index (χ0) is 16.5. The van der Waals surface area contributed by atoms with Gasteiger partial charge < -0.3 is 5.32 Å². The number of imide groups is 1. The molecule has 0 spiro atoms. The highest BCUT2D eigenvalue weighted by Gasteiger charge is 2.40. The monoisotopic (exact) mass is 332 g/mol. The van der Waals surface area contributed by atoms with E-state index in [-0.39, 0.29) is 16.8 Å². The number of hydrogen-bond donors (Lipinski definition) is 1. The molecule has 1 heterocycles. The van der Waals surface area contributed by atoms with Gasteiger partial charge in [-0.25, -0.2) is 0 Å². The maximum Gasteiger partial charge on any atom is 0.416 e. The number of rotatable bonds is 4. The van der Waals surface area contributed by atoms with E-state index in [9.17, 15) is 22.8 Å². The lowest BCUT2D eigenvalue weighted by Gasteiger charge is -2.17. The molecule has 0 aliphatic carbocycles. The van der Waals surface area contributed by atoms with Crippen molar-refractivity contribution in [2.45, 2.75) is 25.4 Å². The summed E-state index contributed by atoms with van der Waals surface area (Å²) >= 11 is 0.777. The van der Waals surface area contributed by atoms with E-state index in [0.717, 1.165) is 28.8 Å². The third-order valence-electron chi connectivity index (χ3n) is 2.96. The van der Waals surface area contributed by atoms with Gasteiger partial charge >= 0.3 is 6.18 Å². The Balaban J connectivity index is 2.12. The third kappa shape index (κ3) is 3.73. The van der Waals surface area contributed by atoms with E-state index in [1.807, 2.05) is 13.8 Å². The molecule has 0 saturated carbocycles. The summed E-state index contributed by atoms with van der Waals surface area (Å²) in [6.07, 6.45) is -4.45. The zero-order valence-electron chi connectivity index (χ0n) is 12.0. The van der Waals surface area contributed by atoms with Crippen LogP contribution in [0.15, 0.2) is 24.3 Å². The van der Waals surface area contributed by atoms with Gasteiger partial charge in [0.25, 0.3) is 11.1 Å². The molecular weight excluding hydrogens is 317 g/mol. The van der Waals surface area contributed by atoms with E-state index in [2.05, 4.69) is 5.32 Å². The van der Waals surface area contributed by atoms with Gasteiger partial charge in [0, 0.05) is 12.2 Å². The van der Waals surface area contributed by atoms with Crippen LogP contribution >= 0.6 is 11.8 Å². The number of hydrogen-bond acceptors (Lipinski definition) is 4. The number of alkyl halides is 3. The highest BCUT2D eigenvalue weighted by atomic mass is 32.2. The Hall–Kier alpha value is -1.70. The summed E-state index contributed by atoms with van der Waals surface area (Å²) in [4.78, 5) is 25.1. The lowest BCUT2D eigenvalue weighted by Crippen LogP contribution is -2.36. The van der Waals surface area contributed by atoms with Gasteiger partial charge in [-0.3, -0.25) is 14.5 Å². The number of carbonyl (C=O) groups excluding carboxylic acids is 2. The molecule has 4 nitrogen and oxygen atoms in total. The number of anilines is 1. The van der Waals surface area contributed by atoms with Crippen LogP contribution in [-0.2, 0) is 11.0 Å². The normalized spacial score (nSPS) is 19.2. The molecule has 1 aliphatic heterocycles. The maximum absolute atomic E-state index is 12.7. The van der Waals surface area contributed by atoms with Crippen molar-refractivity contribution in [1.29, 1.82) is 0 Å². The topological polar surface area (TPSA) is 49.4 Å². The van der Waals surface area contributed by atoms with E-state index in [0.29, 0.717) is 6.54 Å². The van der Waals surface area contributed by atoms with Crippen molar-refractivity contribution >= 4 is 28.6 Å². The first-order valence-electron chi connectivity index (χ1n) is 6.64. The molecule has 1 unspecified atom stereocenters. The van der Waals surface area contributed by atoms with Crippen molar-refractivity contribution in [1.82, 2.24) is 4.90 Å². The average Bonchev–Trinajstić information content (AvgIpc) is 2.65. The van der Waals surface area contributed by atoms with Crippen LogP contribution in [0.5, 0.6) is 0 Å². The molecule has 1 atom stereocenters. The van der Waals surface area contributed by atoms with Gasteiger partial charge in [-0.1, -0.05) is 19.9 Å². The number of halogens is 3. The minimum absolute atomic E-state index is 0.126. The highest BCUT2D eigenvalue weighted by Crippen LogP contribution is 2.33. The highest BCUT2D eigenvalue weighted by molar-refractivity contribution is 8.15. The van der Waals surface area contributed by atoms with Gasteiger partial charge in [0.05, 0.1) is 5.56 Å². The summed E-state index contributed by atoms with van der Waals surface area (Å²) in [6.45, 7) is 4.04. The predicted octanol–water partition coefficient (Wildman–Crippen LogP) is 3.79. The fourth-order valence-electron chi connectivity index (χ4n) is 2.00. The van der Waals surface area contributed by atoms with Gasteiger partial charge in [-0.05, 0) is 35.9 Å². The number of thioether (sulfide) groups is 1. The Morgan fingerprint density at radius 1 is 1.32 bits per heavy atom. The lowest BCUT2D eigenvalue weighted by atomic mass is 10.2. The molecule has 2 rings (SSSR count). The summed E-state index contributed by atoms with van der Waals surface area (Å²) in [5, 5.41) is 1.41. The minimum Gasteiger partial charge on any atom is -0.365 e. The zero-order valence-corrected chi connectivity index (χ0v) is 12.8. The summed E-state index contributed by atoms with van der Waals surface area (Å²) < 4.78 is 38.0. The number of nitrogens with one attached hydrogen (secondary N) is 1. The molecule has 0 aromatic heterocycles. The van der Waals surface area contributed by atoms with Crippen LogP contribution in [0.4, 0.5) is 23.7 Å². The summed E-state index contributed by atoms with van der Waals surface area (Å²) in [7, 11) is 0. The molecule has 1 aliphatic rings. The first kappa shape index (κ1) is 16.7. The Morgan fingerprint density at radius 3 is 2.59 bits per heavy atom. The molecule has 1 saturated heterocycles. The van der Waals surface area contributed by atoms with Crippen LogP contribution in [0.25, 0.3) is 0 Å². The van der Waals surface area contributed by atoms with Crippen LogP contribution in [0.2, 0.25) is 0 Å². The van der Waals surface area contributed by atoms with Crippen molar-refractivity contribution in [3.63, 3.8) is 0 Å². The van der Waals surface area contributed by atoms with Crippen LogP contribution in [0.1, 0.15) is 19.4 Å². The largest absolute Gasteiger partial charge is 0.416 e. The molecular formula is C14H15F3N2O2S. The molecule has 0 bridgehead atoms. The number of benzene rings is 1. The molecule has 1 fully saturated rings. The van der Waals surface area contributed by atoms with Gasteiger partial charge in [-0.15, -0.1) is 0 Å². The summed E-state index contributed by atoms with van der Waals surface area (Å²) in [5.41, 5.74) is -0.654. The number of amides is 2. The van der Waals surface area contributed by atoms with E-state index >= 15 is 0 Å². The van der Waals surface area contributed by atoms with Crippen molar-refractivity contribution in [2.75, 3.05) is 11.9 Å². The predicted molar refractivity (Wildman–Crippen MR) is 78.4 cm³/mol. The van der Waals surface area contributed by atoms with Crippen molar-refractivity contribution in [2.24, 2.45) is 5.92 Å². The fraction of sp³-hybridized carbons (Fsp3) is 0.429. The van der Waals surface area contributed by atoms with Crippen LogP contribution in [-0.4, -0.2) is 28.0 Å². The van der Waals surface area contributed by atoms with Crippen LogP contribution in [0, 0.1) is 5.92 Å². The lowest BCUT2D eigenvalue weighted by molar-refractivity contribution is -0.137. The first-order chi connectivity index (χ1) is 10.2. The minimum atomic E-state index is -4.45. The molecule has 2 amide bonds. The molecule has 1 N–H and O–H groups in total. The Morgan fingerprint density at radius 2 is 2.00 bits per heavy atom. The van der Waals surface area contributed by atoms with Gasteiger partial charge in [0.2, 0.25) is 0 Å². The molecule has 8 heteroatoms. The van der Waals surface area contributed by atoms with Crippen molar-refractivity contribution in [3.05, 3.63) is 29.8 Å². The molecule has 1 aromatic carbocycles. The smallest absolute Gasteiger partial charge is 0.365 e. The molecule has 22 heavy (non-hydrogen) atoms. The number of nitrogens with zero attached hydrogens (tertiary/aromatic N) is 1. The second-order valence-corrected chi connectivity index (χ2v) is 6.39. The Labute approximate surface area is 130 Å². The maximum atomic E-state index is 12.7. The van der Waals surface area contributed by atoms with E-state index < -0.39 is 23.0 Å². The van der Waals surface area contributed by atoms with Crippen LogP contribution in [0.3, 0.4) is 0 Å². The summed E-state index contributed by atoms with van der Waals surface area (Å²) in [5.74, 6) is -0.304. The van der Waals surface area contributed by atoms with Crippen molar-refractivity contribution < 1.29 is 22.8 Å². The fourth-order valence-corrected chi connectivity index (χ4v) is 2.92. The second kappa shape index (κ2) is 6.20. The standard InChI is InChI=1S/C14H15F3N2O2S/c1-8(2)7-19-12(20)11(22-13(19)21)18-10-5-3-4-9(6-10)14(15,16)17/h3-6,8,11,18H,7H2,1-2H3. The van der Waals surface area contributed by atoms with Crippen molar-refractivity contribution in [3.8, 4) is 0 Å². The van der Waals surface area contributed by atoms with Gasteiger partial charge in [0.1, 0.15) is 0 Å². The van der Waals surface area contributed by atoms with Crippen LogP contribution < -0.4 is 5.32 Å².